The summed E-state index contributed by atoms with van der Waals surface area (Å²) in [4.78, 5) is 0. The van der Waals surface area contributed by atoms with E-state index >= 15 is 0 Å². The summed E-state index contributed by atoms with van der Waals surface area (Å²) in [6, 6.07) is 26.7. The molecule has 0 aliphatic carbocycles. The normalized spacial score (nSPS) is 10.5. The largest absolute Gasteiger partial charge is 0.494 e. The highest BCUT2D eigenvalue weighted by Gasteiger charge is 2.07. The van der Waals surface area contributed by atoms with Crippen LogP contribution in [0, 0.1) is 11.3 Å². The van der Waals surface area contributed by atoms with E-state index in [1.54, 1.807) is 0 Å². The quantitative estimate of drug-likeness (QED) is 0.307. The van der Waals surface area contributed by atoms with E-state index in [9.17, 15) is 0 Å². The first-order valence-electron chi connectivity index (χ1n) is 11.1. The van der Waals surface area contributed by atoms with Crippen LogP contribution in [0.5, 0.6) is 5.75 Å². The van der Waals surface area contributed by atoms with Crippen LogP contribution in [0.4, 0.5) is 0 Å². The maximum atomic E-state index is 9.03. The van der Waals surface area contributed by atoms with Gasteiger partial charge in [0.15, 0.2) is 0 Å². The van der Waals surface area contributed by atoms with Gasteiger partial charge in [-0.2, -0.15) is 5.26 Å². The van der Waals surface area contributed by atoms with E-state index < -0.39 is 0 Å². The second kappa shape index (κ2) is 11.8. The SMILES string of the molecule is CCCCCCCCCOc1ccc(-c2ccccc2-c2ccc(C#N)cc2)cc1. The summed E-state index contributed by atoms with van der Waals surface area (Å²) >= 11 is 0. The van der Waals surface area contributed by atoms with Gasteiger partial charge in [-0.05, 0) is 52.9 Å². The second-order valence-electron chi connectivity index (χ2n) is 7.73. The van der Waals surface area contributed by atoms with Gasteiger partial charge >= 0.3 is 0 Å². The van der Waals surface area contributed by atoms with Crippen molar-refractivity contribution in [2.45, 2.75) is 51.9 Å². The van der Waals surface area contributed by atoms with Crippen LogP contribution in [0.25, 0.3) is 22.3 Å². The average molecular weight is 398 g/mol. The Labute approximate surface area is 181 Å². The van der Waals surface area contributed by atoms with Crippen molar-refractivity contribution in [3.8, 4) is 34.1 Å². The summed E-state index contributed by atoms with van der Waals surface area (Å²) < 4.78 is 5.93. The maximum absolute atomic E-state index is 9.03. The molecule has 30 heavy (non-hydrogen) atoms. The molecule has 0 fully saturated rings. The topological polar surface area (TPSA) is 33.0 Å². The fraction of sp³-hybridized carbons (Fsp3) is 0.321. The van der Waals surface area contributed by atoms with Crippen LogP contribution < -0.4 is 4.74 Å². The number of rotatable bonds is 11. The molecular formula is C28H31NO. The van der Waals surface area contributed by atoms with E-state index in [2.05, 4.69) is 61.5 Å². The van der Waals surface area contributed by atoms with Gasteiger partial charge in [-0.25, -0.2) is 0 Å². The molecule has 0 heterocycles. The third-order valence-corrected chi connectivity index (χ3v) is 5.43. The Morgan fingerprint density at radius 3 is 1.77 bits per heavy atom. The second-order valence-corrected chi connectivity index (χ2v) is 7.73. The Morgan fingerprint density at radius 1 is 0.667 bits per heavy atom. The molecule has 0 saturated heterocycles. The van der Waals surface area contributed by atoms with Crippen molar-refractivity contribution in [3.63, 3.8) is 0 Å². The summed E-state index contributed by atoms with van der Waals surface area (Å²) in [7, 11) is 0. The highest BCUT2D eigenvalue weighted by Crippen LogP contribution is 2.33. The Balaban J connectivity index is 1.58. The minimum atomic E-state index is 0.679. The van der Waals surface area contributed by atoms with Crippen molar-refractivity contribution in [2.75, 3.05) is 6.61 Å². The van der Waals surface area contributed by atoms with Gasteiger partial charge in [0, 0.05) is 0 Å². The minimum absolute atomic E-state index is 0.679. The Kier molecular flexibility index (Phi) is 8.54. The number of hydrogen-bond acceptors (Lipinski definition) is 2. The van der Waals surface area contributed by atoms with E-state index in [1.165, 1.54) is 55.2 Å². The summed E-state index contributed by atoms with van der Waals surface area (Å²) in [6.45, 7) is 3.04. The predicted octanol–water partition coefficient (Wildman–Crippen LogP) is 8.02. The van der Waals surface area contributed by atoms with Gasteiger partial charge in [-0.1, -0.05) is 94.0 Å². The molecule has 0 aliphatic rings. The molecule has 0 saturated carbocycles. The molecule has 3 aromatic carbocycles. The maximum Gasteiger partial charge on any atom is 0.119 e. The van der Waals surface area contributed by atoms with Crippen molar-refractivity contribution >= 4 is 0 Å². The molecule has 3 aromatic rings. The van der Waals surface area contributed by atoms with Crippen LogP contribution in [0.15, 0.2) is 72.8 Å². The number of nitrogens with zero attached hydrogens (tertiary/aromatic N) is 1. The average Bonchev–Trinajstić information content (AvgIpc) is 2.81. The molecule has 0 aromatic heterocycles. The minimum Gasteiger partial charge on any atom is -0.494 e. The predicted molar refractivity (Wildman–Crippen MR) is 126 cm³/mol. The summed E-state index contributed by atoms with van der Waals surface area (Å²) in [5.41, 5.74) is 5.31. The molecule has 0 radical (unpaired) electrons. The molecule has 0 bridgehead atoms. The highest BCUT2D eigenvalue weighted by atomic mass is 16.5. The molecule has 0 N–H and O–H groups in total. The summed E-state index contributed by atoms with van der Waals surface area (Å²) in [6.07, 6.45) is 9.06. The van der Waals surface area contributed by atoms with E-state index in [-0.39, 0.29) is 0 Å². The monoisotopic (exact) mass is 397 g/mol. The molecule has 0 unspecified atom stereocenters. The lowest BCUT2D eigenvalue weighted by atomic mass is 9.94. The molecule has 0 atom stereocenters. The van der Waals surface area contributed by atoms with Crippen molar-refractivity contribution in [1.29, 1.82) is 5.26 Å². The van der Waals surface area contributed by atoms with E-state index in [0.717, 1.165) is 24.3 Å². The zero-order valence-corrected chi connectivity index (χ0v) is 17.9. The first-order valence-corrected chi connectivity index (χ1v) is 11.1. The van der Waals surface area contributed by atoms with Crippen LogP contribution >= 0.6 is 0 Å². The molecule has 0 amide bonds. The van der Waals surface area contributed by atoms with Crippen LogP contribution in [0.2, 0.25) is 0 Å². The Morgan fingerprint density at radius 2 is 1.20 bits per heavy atom. The third kappa shape index (κ3) is 6.22. The van der Waals surface area contributed by atoms with E-state index in [4.69, 9.17) is 10.00 Å². The van der Waals surface area contributed by atoms with Crippen LogP contribution in [0.3, 0.4) is 0 Å². The molecule has 0 spiro atoms. The van der Waals surface area contributed by atoms with Gasteiger partial charge in [0.05, 0.1) is 18.2 Å². The lowest BCUT2D eigenvalue weighted by Crippen LogP contribution is -1.97. The molecule has 0 aliphatic heterocycles. The van der Waals surface area contributed by atoms with Gasteiger partial charge in [0.1, 0.15) is 5.75 Å². The number of nitriles is 1. The van der Waals surface area contributed by atoms with Gasteiger partial charge < -0.3 is 4.74 Å². The van der Waals surface area contributed by atoms with Crippen LogP contribution in [-0.2, 0) is 0 Å². The Hall–Kier alpha value is -3.05. The van der Waals surface area contributed by atoms with Crippen molar-refractivity contribution < 1.29 is 4.74 Å². The van der Waals surface area contributed by atoms with Gasteiger partial charge in [0.25, 0.3) is 0 Å². The number of unbranched alkanes of at least 4 members (excludes halogenated alkanes) is 6. The molecule has 3 rings (SSSR count). The zero-order chi connectivity index (χ0) is 21.0. The fourth-order valence-electron chi connectivity index (χ4n) is 3.69. The molecule has 154 valence electrons. The molecule has 2 heteroatoms. The Bertz CT molecular complexity index is 936. The van der Waals surface area contributed by atoms with Crippen LogP contribution in [0.1, 0.15) is 57.4 Å². The van der Waals surface area contributed by atoms with Crippen molar-refractivity contribution in [2.24, 2.45) is 0 Å². The summed E-state index contributed by atoms with van der Waals surface area (Å²) in [5, 5.41) is 9.03. The first-order chi connectivity index (χ1) is 14.8. The zero-order valence-electron chi connectivity index (χ0n) is 17.9. The summed E-state index contributed by atoms with van der Waals surface area (Å²) in [5.74, 6) is 0.931. The lowest BCUT2D eigenvalue weighted by molar-refractivity contribution is 0.304. The number of hydrogen-bond donors (Lipinski definition) is 0. The number of ether oxygens (including phenoxy) is 1. The lowest BCUT2D eigenvalue weighted by Gasteiger charge is -2.11. The standard InChI is InChI=1S/C28H31NO/c1-2-3-4-5-6-7-10-21-30-26-19-17-25(18-20-26)28-12-9-8-11-27(28)24-15-13-23(22-29)14-16-24/h8-9,11-20H,2-7,10,21H2,1H3. The smallest absolute Gasteiger partial charge is 0.119 e. The van der Waals surface area contributed by atoms with Crippen molar-refractivity contribution in [3.05, 3.63) is 78.4 Å². The molecule has 2 nitrogen and oxygen atoms in total. The van der Waals surface area contributed by atoms with Crippen LogP contribution in [-0.4, -0.2) is 6.61 Å². The van der Waals surface area contributed by atoms with Gasteiger partial charge in [-0.3, -0.25) is 0 Å². The first kappa shape index (κ1) is 21.7. The van der Waals surface area contributed by atoms with Gasteiger partial charge in [0.2, 0.25) is 0 Å². The molecular weight excluding hydrogens is 366 g/mol. The van der Waals surface area contributed by atoms with Crippen molar-refractivity contribution in [1.82, 2.24) is 0 Å². The van der Waals surface area contributed by atoms with E-state index in [1.807, 2.05) is 24.3 Å². The highest BCUT2D eigenvalue weighted by molar-refractivity contribution is 5.83. The fourth-order valence-corrected chi connectivity index (χ4v) is 3.69. The van der Waals surface area contributed by atoms with Gasteiger partial charge in [-0.15, -0.1) is 0 Å². The number of benzene rings is 3. The van der Waals surface area contributed by atoms with E-state index in [0.29, 0.717) is 5.56 Å². The third-order valence-electron chi connectivity index (χ3n) is 5.43.